The maximum absolute atomic E-state index is 11.8. The van der Waals surface area contributed by atoms with Gasteiger partial charge in [0.25, 0.3) is 0 Å². The molecule has 1 aliphatic heterocycles. The molecule has 6 heteroatoms. The van der Waals surface area contributed by atoms with Crippen LogP contribution in [0.5, 0.6) is 0 Å². The molecule has 23 heavy (non-hydrogen) atoms. The highest BCUT2D eigenvalue weighted by molar-refractivity contribution is 5.93. The molecule has 1 saturated heterocycles. The summed E-state index contributed by atoms with van der Waals surface area (Å²) in [6.07, 6.45) is 2.97. The zero-order valence-corrected chi connectivity index (χ0v) is 13.7. The number of urea groups is 1. The average molecular weight is 319 g/mol. The Kier molecular flexibility index (Phi) is 6.40. The Bertz CT molecular complexity index is 524. The van der Waals surface area contributed by atoms with Crippen molar-refractivity contribution in [2.75, 3.05) is 23.8 Å². The van der Waals surface area contributed by atoms with Crippen LogP contribution < -0.4 is 16.0 Å². The molecule has 0 aromatic heterocycles. The third-order valence-electron chi connectivity index (χ3n) is 3.98. The number of carbonyl (C=O) groups is 2. The number of hydrogen-bond donors (Lipinski definition) is 3. The number of anilines is 2. The molecule has 2 atom stereocenters. The Labute approximate surface area is 137 Å². The highest BCUT2D eigenvalue weighted by Gasteiger charge is 2.16. The van der Waals surface area contributed by atoms with Crippen molar-refractivity contribution < 1.29 is 14.3 Å². The Morgan fingerprint density at radius 2 is 1.87 bits per heavy atom. The first kappa shape index (κ1) is 17.3. The fourth-order valence-electron chi connectivity index (χ4n) is 2.27. The molecule has 0 aliphatic carbocycles. The maximum Gasteiger partial charge on any atom is 0.319 e. The van der Waals surface area contributed by atoms with E-state index >= 15 is 0 Å². The summed E-state index contributed by atoms with van der Waals surface area (Å²) in [6.45, 7) is 5.17. The molecule has 1 aromatic carbocycles. The van der Waals surface area contributed by atoms with Crippen LogP contribution in [-0.2, 0) is 9.53 Å². The Hall–Kier alpha value is -2.08. The van der Waals surface area contributed by atoms with Crippen LogP contribution in [0, 0.1) is 5.92 Å². The summed E-state index contributed by atoms with van der Waals surface area (Å²) in [5, 5.41) is 8.41. The van der Waals surface area contributed by atoms with Gasteiger partial charge in [0.15, 0.2) is 0 Å². The van der Waals surface area contributed by atoms with Gasteiger partial charge >= 0.3 is 6.03 Å². The van der Waals surface area contributed by atoms with Crippen LogP contribution in [0.4, 0.5) is 16.2 Å². The van der Waals surface area contributed by atoms with Crippen LogP contribution in [-0.4, -0.2) is 31.2 Å². The molecule has 3 N–H and O–H groups in total. The van der Waals surface area contributed by atoms with Gasteiger partial charge in [0, 0.05) is 30.4 Å². The lowest BCUT2D eigenvalue weighted by Gasteiger charge is -2.13. The zero-order valence-electron chi connectivity index (χ0n) is 13.7. The molecule has 2 unspecified atom stereocenters. The van der Waals surface area contributed by atoms with Crippen LogP contribution in [0.15, 0.2) is 24.3 Å². The van der Waals surface area contributed by atoms with E-state index in [1.54, 1.807) is 24.3 Å². The van der Waals surface area contributed by atoms with E-state index in [1.165, 1.54) is 0 Å². The zero-order chi connectivity index (χ0) is 16.7. The highest BCUT2D eigenvalue weighted by Crippen LogP contribution is 2.15. The van der Waals surface area contributed by atoms with Gasteiger partial charge in [-0.3, -0.25) is 4.79 Å². The molecule has 0 radical (unpaired) electrons. The Morgan fingerprint density at radius 1 is 1.22 bits per heavy atom. The summed E-state index contributed by atoms with van der Waals surface area (Å²) in [4.78, 5) is 23.6. The lowest BCUT2D eigenvalue weighted by molar-refractivity contribution is -0.119. The Morgan fingerprint density at radius 3 is 2.43 bits per heavy atom. The van der Waals surface area contributed by atoms with Crippen molar-refractivity contribution in [1.29, 1.82) is 0 Å². The van der Waals surface area contributed by atoms with Crippen molar-refractivity contribution in [3.63, 3.8) is 0 Å². The smallest absolute Gasteiger partial charge is 0.319 e. The second kappa shape index (κ2) is 8.53. The largest absolute Gasteiger partial charge is 0.376 e. The summed E-state index contributed by atoms with van der Waals surface area (Å²) in [6, 6.07) is 6.82. The summed E-state index contributed by atoms with van der Waals surface area (Å²) in [7, 11) is 0. The second-order valence-corrected chi connectivity index (χ2v) is 5.85. The van der Waals surface area contributed by atoms with Crippen molar-refractivity contribution in [2.24, 2.45) is 5.92 Å². The molecule has 2 rings (SSSR count). The minimum Gasteiger partial charge on any atom is -0.376 e. The molecule has 1 heterocycles. The first-order valence-corrected chi connectivity index (χ1v) is 8.16. The third-order valence-corrected chi connectivity index (χ3v) is 3.98. The predicted octanol–water partition coefficient (Wildman–Crippen LogP) is 2.97. The quantitative estimate of drug-likeness (QED) is 0.754. The predicted molar refractivity (Wildman–Crippen MR) is 90.5 cm³/mol. The van der Waals surface area contributed by atoms with Gasteiger partial charge in [0.05, 0.1) is 6.10 Å². The van der Waals surface area contributed by atoms with Crippen LogP contribution in [0.2, 0.25) is 0 Å². The minimum absolute atomic E-state index is 0.00233. The fourth-order valence-corrected chi connectivity index (χ4v) is 2.27. The van der Waals surface area contributed by atoms with E-state index in [2.05, 4.69) is 16.0 Å². The van der Waals surface area contributed by atoms with Crippen molar-refractivity contribution in [3.05, 3.63) is 24.3 Å². The number of amides is 3. The molecular formula is C17H25N3O3. The lowest BCUT2D eigenvalue weighted by Crippen LogP contribution is -2.35. The van der Waals surface area contributed by atoms with Gasteiger partial charge in [-0.05, 0) is 43.5 Å². The molecular weight excluding hydrogens is 294 g/mol. The first-order chi connectivity index (χ1) is 11.1. The molecule has 0 bridgehead atoms. The SMILES string of the molecule is CCC(C)C(=O)Nc1ccc(NC(=O)NCC2CCCO2)cc1. The first-order valence-electron chi connectivity index (χ1n) is 8.16. The van der Waals surface area contributed by atoms with E-state index in [-0.39, 0.29) is 24.0 Å². The summed E-state index contributed by atoms with van der Waals surface area (Å²) < 4.78 is 5.45. The number of ether oxygens (including phenoxy) is 1. The van der Waals surface area contributed by atoms with Gasteiger partial charge < -0.3 is 20.7 Å². The summed E-state index contributed by atoms with van der Waals surface area (Å²) in [5.41, 5.74) is 1.40. The molecule has 1 aromatic rings. The minimum atomic E-state index is -0.253. The average Bonchev–Trinajstić information content (AvgIpc) is 3.07. The van der Waals surface area contributed by atoms with E-state index in [1.807, 2.05) is 13.8 Å². The van der Waals surface area contributed by atoms with Crippen LogP contribution >= 0.6 is 0 Å². The lowest BCUT2D eigenvalue weighted by atomic mass is 10.1. The standard InChI is InChI=1S/C17H25N3O3/c1-3-12(2)16(21)19-13-6-8-14(9-7-13)20-17(22)18-11-15-5-4-10-23-15/h6-9,12,15H,3-5,10-11H2,1-2H3,(H,19,21)(H2,18,20,22). The monoisotopic (exact) mass is 319 g/mol. The second-order valence-electron chi connectivity index (χ2n) is 5.85. The van der Waals surface area contributed by atoms with Gasteiger partial charge in [-0.15, -0.1) is 0 Å². The van der Waals surface area contributed by atoms with Gasteiger partial charge in [-0.2, -0.15) is 0 Å². The molecule has 1 fully saturated rings. The molecule has 0 spiro atoms. The van der Waals surface area contributed by atoms with Crippen molar-refractivity contribution in [2.45, 2.75) is 39.2 Å². The van der Waals surface area contributed by atoms with Crippen LogP contribution in [0.25, 0.3) is 0 Å². The Balaban J connectivity index is 1.77. The number of nitrogens with one attached hydrogen (secondary N) is 3. The van der Waals surface area contributed by atoms with E-state index in [0.29, 0.717) is 12.2 Å². The summed E-state index contributed by atoms with van der Waals surface area (Å²) in [5.74, 6) is -0.0149. The highest BCUT2D eigenvalue weighted by atomic mass is 16.5. The molecule has 126 valence electrons. The van der Waals surface area contributed by atoms with Gasteiger partial charge in [-0.1, -0.05) is 13.8 Å². The number of carbonyl (C=O) groups excluding carboxylic acids is 2. The van der Waals surface area contributed by atoms with Gasteiger partial charge in [0.2, 0.25) is 5.91 Å². The number of rotatable bonds is 6. The molecule has 1 aliphatic rings. The molecule has 6 nitrogen and oxygen atoms in total. The van der Waals surface area contributed by atoms with E-state index in [4.69, 9.17) is 4.74 Å². The normalized spacial score (nSPS) is 18.3. The van der Waals surface area contributed by atoms with Gasteiger partial charge in [0.1, 0.15) is 0 Å². The van der Waals surface area contributed by atoms with Crippen molar-refractivity contribution >= 4 is 23.3 Å². The van der Waals surface area contributed by atoms with Gasteiger partial charge in [-0.25, -0.2) is 4.79 Å². The van der Waals surface area contributed by atoms with Crippen LogP contribution in [0.1, 0.15) is 33.1 Å². The number of benzene rings is 1. The van der Waals surface area contributed by atoms with Crippen molar-refractivity contribution in [3.8, 4) is 0 Å². The number of hydrogen-bond acceptors (Lipinski definition) is 3. The van der Waals surface area contributed by atoms with Crippen LogP contribution in [0.3, 0.4) is 0 Å². The van der Waals surface area contributed by atoms with E-state index in [9.17, 15) is 9.59 Å². The maximum atomic E-state index is 11.8. The fraction of sp³-hybridized carbons (Fsp3) is 0.529. The van der Waals surface area contributed by atoms with Crippen molar-refractivity contribution in [1.82, 2.24) is 5.32 Å². The topological polar surface area (TPSA) is 79.5 Å². The molecule has 3 amide bonds. The van der Waals surface area contributed by atoms with E-state index < -0.39 is 0 Å². The third kappa shape index (κ3) is 5.56. The molecule has 0 saturated carbocycles. The van der Waals surface area contributed by atoms with E-state index in [0.717, 1.165) is 31.6 Å². The summed E-state index contributed by atoms with van der Waals surface area (Å²) >= 11 is 0.